The Morgan fingerprint density at radius 1 is 1.56 bits per heavy atom. The number of aryl methyl sites for hydroxylation is 2. The van der Waals surface area contributed by atoms with Crippen molar-refractivity contribution in [2.75, 3.05) is 12.8 Å². The molecule has 1 aromatic heterocycles. The van der Waals surface area contributed by atoms with Crippen LogP contribution in [-0.2, 0) is 12.0 Å². The second-order valence-corrected chi connectivity index (χ2v) is 7.16. The lowest BCUT2D eigenvalue weighted by Gasteiger charge is -2.25. The van der Waals surface area contributed by atoms with Crippen molar-refractivity contribution in [2.24, 2.45) is 0 Å². The van der Waals surface area contributed by atoms with E-state index >= 15 is 0 Å². The fourth-order valence-corrected chi connectivity index (χ4v) is 4.95. The summed E-state index contributed by atoms with van der Waals surface area (Å²) in [6.45, 7) is 6.68. The highest BCUT2D eigenvalue weighted by atomic mass is 32.2. The summed E-state index contributed by atoms with van der Waals surface area (Å²) in [5.41, 5.74) is 1.41. The van der Waals surface area contributed by atoms with Crippen LogP contribution in [-0.4, -0.2) is 23.0 Å². The minimum Gasteiger partial charge on any atom is -0.308 e. The smallest absolute Gasteiger partial charge is 0.114 e. The van der Waals surface area contributed by atoms with E-state index in [9.17, 15) is 0 Å². The Labute approximate surface area is 106 Å². The molecule has 0 radical (unpaired) electrons. The molecular weight excluding hydrogens is 236 g/mol. The maximum Gasteiger partial charge on any atom is 0.114 e. The van der Waals surface area contributed by atoms with E-state index in [0.717, 1.165) is 17.4 Å². The lowest BCUT2D eigenvalue weighted by atomic mass is 9.97. The first kappa shape index (κ1) is 12.4. The number of hydrogen-bond acceptors (Lipinski definition) is 4. The van der Waals surface area contributed by atoms with Crippen LogP contribution in [0.25, 0.3) is 0 Å². The van der Waals surface area contributed by atoms with Crippen LogP contribution in [0.4, 0.5) is 0 Å². The van der Waals surface area contributed by atoms with Crippen molar-refractivity contribution in [1.29, 1.82) is 0 Å². The van der Waals surface area contributed by atoms with Crippen molar-refractivity contribution < 1.29 is 0 Å². The van der Waals surface area contributed by atoms with Gasteiger partial charge in [-0.25, -0.2) is 4.98 Å². The lowest BCUT2D eigenvalue weighted by Crippen LogP contribution is -2.40. The van der Waals surface area contributed by atoms with E-state index < -0.39 is 0 Å². The zero-order valence-electron chi connectivity index (χ0n) is 10.5. The van der Waals surface area contributed by atoms with Gasteiger partial charge in [0.25, 0.3) is 0 Å². The third-order valence-electron chi connectivity index (χ3n) is 3.37. The zero-order chi connectivity index (χ0) is 11.8. The molecular formula is C12H20N2S2. The number of hydrogen-bond donors (Lipinski definition) is 1. The summed E-state index contributed by atoms with van der Waals surface area (Å²) in [6.07, 6.45) is 2.25. The highest BCUT2D eigenvalue weighted by Crippen LogP contribution is 2.42. The van der Waals surface area contributed by atoms with E-state index in [4.69, 9.17) is 4.98 Å². The summed E-state index contributed by atoms with van der Waals surface area (Å²) < 4.78 is 0. The van der Waals surface area contributed by atoms with Gasteiger partial charge in [-0.05, 0) is 26.8 Å². The molecule has 1 aliphatic heterocycles. The van der Waals surface area contributed by atoms with E-state index in [1.165, 1.54) is 22.0 Å². The van der Waals surface area contributed by atoms with Crippen molar-refractivity contribution in [1.82, 2.24) is 10.3 Å². The molecule has 1 fully saturated rings. The monoisotopic (exact) mass is 256 g/mol. The van der Waals surface area contributed by atoms with Gasteiger partial charge in [0.2, 0.25) is 0 Å². The second kappa shape index (κ2) is 4.67. The highest BCUT2D eigenvalue weighted by molar-refractivity contribution is 8.00. The SMILES string of the molecule is CCc1nc(C2(NC)CSC(C)C2)sc1C. The summed E-state index contributed by atoms with van der Waals surface area (Å²) in [6, 6.07) is 0. The van der Waals surface area contributed by atoms with Crippen molar-refractivity contribution in [3.05, 3.63) is 15.6 Å². The summed E-state index contributed by atoms with van der Waals surface area (Å²) >= 11 is 3.93. The van der Waals surface area contributed by atoms with Crippen molar-refractivity contribution >= 4 is 23.1 Å². The van der Waals surface area contributed by atoms with Gasteiger partial charge >= 0.3 is 0 Å². The van der Waals surface area contributed by atoms with Crippen LogP contribution in [0.3, 0.4) is 0 Å². The molecule has 1 N–H and O–H groups in total. The molecule has 16 heavy (non-hydrogen) atoms. The van der Waals surface area contributed by atoms with E-state index in [1.54, 1.807) is 0 Å². The van der Waals surface area contributed by atoms with Gasteiger partial charge in [0, 0.05) is 15.9 Å². The minimum atomic E-state index is 0.132. The Bertz CT molecular complexity index is 375. The molecule has 1 aliphatic rings. The van der Waals surface area contributed by atoms with Gasteiger partial charge in [-0.3, -0.25) is 0 Å². The van der Waals surface area contributed by atoms with Crippen molar-refractivity contribution in [3.63, 3.8) is 0 Å². The number of nitrogens with one attached hydrogen (secondary N) is 1. The molecule has 0 aromatic carbocycles. The van der Waals surface area contributed by atoms with Crippen LogP contribution >= 0.6 is 23.1 Å². The van der Waals surface area contributed by atoms with E-state index in [-0.39, 0.29) is 5.54 Å². The fraction of sp³-hybridized carbons (Fsp3) is 0.750. The fourth-order valence-electron chi connectivity index (χ4n) is 2.28. The Morgan fingerprint density at radius 2 is 2.31 bits per heavy atom. The number of rotatable bonds is 3. The topological polar surface area (TPSA) is 24.9 Å². The molecule has 4 heteroatoms. The first-order chi connectivity index (χ1) is 7.61. The summed E-state index contributed by atoms with van der Waals surface area (Å²) in [5.74, 6) is 1.15. The Kier molecular flexibility index (Phi) is 3.62. The maximum absolute atomic E-state index is 4.83. The molecule has 2 nitrogen and oxygen atoms in total. The highest BCUT2D eigenvalue weighted by Gasteiger charge is 2.40. The molecule has 2 heterocycles. The molecule has 1 saturated heterocycles. The average Bonchev–Trinajstić information content (AvgIpc) is 2.83. The lowest BCUT2D eigenvalue weighted by molar-refractivity contribution is 0.393. The Morgan fingerprint density at radius 3 is 2.75 bits per heavy atom. The predicted octanol–water partition coefficient (Wildman–Crippen LogP) is 2.95. The van der Waals surface area contributed by atoms with E-state index in [2.05, 4.69) is 44.9 Å². The standard InChI is InChI=1S/C12H20N2S2/c1-5-10-9(3)16-11(14-10)12(13-4)6-8(2)15-7-12/h8,13H,5-7H2,1-4H3. The van der Waals surface area contributed by atoms with Gasteiger partial charge in [-0.15, -0.1) is 11.3 Å². The second-order valence-electron chi connectivity index (χ2n) is 4.53. The molecule has 2 unspecified atom stereocenters. The third-order valence-corrected chi connectivity index (χ3v) is 5.98. The Balaban J connectivity index is 2.33. The quantitative estimate of drug-likeness (QED) is 0.900. The first-order valence-corrected chi connectivity index (χ1v) is 7.75. The van der Waals surface area contributed by atoms with Gasteiger partial charge in [-0.2, -0.15) is 11.8 Å². The summed E-state index contributed by atoms with van der Waals surface area (Å²) in [4.78, 5) is 6.22. The average molecular weight is 256 g/mol. The third kappa shape index (κ3) is 2.03. The molecule has 1 aromatic rings. The molecule has 0 spiro atoms. The van der Waals surface area contributed by atoms with Gasteiger partial charge in [0.05, 0.1) is 11.2 Å². The minimum absolute atomic E-state index is 0.132. The maximum atomic E-state index is 4.83. The van der Waals surface area contributed by atoms with Crippen molar-refractivity contribution in [3.8, 4) is 0 Å². The molecule has 2 atom stereocenters. The number of thioether (sulfide) groups is 1. The molecule has 2 rings (SSSR count). The first-order valence-electron chi connectivity index (χ1n) is 5.88. The van der Waals surface area contributed by atoms with E-state index in [1.807, 2.05) is 11.3 Å². The Hall–Kier alpha value is -0.0600. The largest absolute Gasteiger partial charge is 0.308 e. The number of thiazole rings is 1. The number of aromatic nitrogens is 1. The van der Waals surface area contributed by atoms with Crippen LogP contribution in [0.1, 0.15) is 35.8 Å². The molecule has 0 saturated carbocycles. The molecule has 0 amide bonds. The van der Waals surface area contributed by atoms with Crippen LogP contribution in [0, 0.1) is 6.92 Å². The zero-order valence-corrected chi connectivity index (χ0v) is 12.1. The van der Waals surface area contributed by atoms with Gasteiger partial charge in [0.1, 0.15) is 5.01 Å². The predicted molar refractivity (Wildman–Crippen MR) is 73.5 cm³/mol. The molecule has 0 bridgehead atoms. The van der Waals surface area contributed by atoms with Crippen LogP contribution in [0.15, 0.2) is 0 Å². The van der Waals surface area contributed by atoms with Gasteiger partial charge < -0.3 is 5.32 Å². The van der Waals surface area contributed by atoms with Crippen LogP contribution in [0.5, 0.6) is 0 Å². The summed E-state index contributed by atoms with van der Waals surface area (Å²) in [7, 11) is 2.07. The number of nitrogens with zero attached hydrogens (tertiary/aromatic N) is 1. The molecule has 0 aliphatic carbocycles. The van der Waals surface area contributed by atoms with Crippen LogP contribution < -0.4 is 5.32 Å². The molecule has 90 valence electrons. The van der Waals surface area contributed by atoms with Gasteiger partial charge in [-0.1, -0.05) is 13.8 Å². The summed E-state index contributed by atoms with van der Waals surface area (Å²) in [5, 5.41) is 5.55. The van der Waals surface area contributed by atoms with Crippen LogP contribution in [0.2, 0.25) is 0 Å². The normalized spacial score (nSPS) is 29.9. The van der Waals surface area contributed by atoms with Gasteiger partial charge in [0.15, 0.2) is 0 Å². The van der Waals surface area contributed by atoms with Crippen molar-refractivity contribution in [2.45, 2.75) is 44.4 Å². The van der Waals surface area contributed by atoms with E-state index in [0.29, 0.717) is 0 Å².